The number of carbonyl (C=O) groups excluding carboxylic acids is 2. The highest BCUT2D eigenvalue weighted by Gasteiger charge is 2.23. The summed E-state index contributed by atoms with van der Waals surface area (Å²) < 4.78 is 0. The zero-order valence-electron chi connectivity index (χ0n) is 15.1. The van der Waals surface area contributed by atoms with E-state index in [0.717, 1.165) is 12.8 Å². The molecule has 1 unspecified atom stereocenters. The molecule has 1 aliphatic carbocycles. The smallest absolute Gasteiger partial charge is 0.271 e. The Labute approximate surface area is 166 Å². The number of non-ortho nitro benzene ring substituents is 1. The standard InChI is InChI=1S/C19H19ClN4O4/c1-11(18(25)23-17-9-8-15(24(27)28)10-16(17)20)21-13-4-2-12(3-5-13)19(26)22-14-6-7-14/h2-5,8-11,14,21H,6-7H2,1H3,(H,22,26)(H,23,25). The molecule has 0 aromatic heterocycles. The van der Waals surface area contributed by atoms with Crippen molar-refractivity contribution in [3.05, 3.63) is 63.2 Å². The predicted molar refractivity (Wildman–Crippen MR) is 107 cm³/mol. The van der Waals surface area contributed by atoms with Crippen molar-refractivity contribution in [1.82, 2.24) is 5.32 Å². The van der Waals surface area contributed by atoms with Gasteiger partial charge >= 0.3 is 0 Å². The summed E-state index contributed by atoms with van der Waals surface area (Å²) >= 11 is 5.99. The SMILES string of the molecule is CC(Nc1ccc(C(=O)NC2CC2)cc1)C(=O)Nc1ccc([N+](=O)[O-])cc1Cl. The van der Waals surface area contributed by atoms with Crippen molar-refractivity contribution in [2.45, 2.75) is 31.8 Å². The molecule has 9 heteroatoms. The van der Waals surface area contributed by atoms with Crippen molar-refractivity contribution in [3.8, 4) is 0 Å². The van der Waals surface area contributed by atoms with Crippen LogP contribution in [-0.2, 0) is 4.79 Å². The van der Waals surface area contributed by atoms with E-state index in [9.17, 15) is 19.7 Å². The van der Waals surface area contributed by atoms with Crippen LogP contribution in [0.15, 0.2) is 42.5 Å². The molecule has 3 N–H and O–H groups in total. The lowest BCUT2D eigenvalue weighted by Gasteiger charge is -2.16. The molecule has 2 aromatic carbocycles. The van der Waals surface area contributed by atoms with E-state index >= 15 is 0 Å². The fourth-order valence-corrected chi connectivity index (χ4v) is 2.71. The van der Waals surface area contributed by atoms with Gasteiger partial charge in [0.2, 0.25) is 5.91 Å². The number of hydrogen-bond acceptors (Lipinski definition) is 5. The van der Waals surface area contributed by atoms with E-state index in [2.05, 4.69) is 16.0 Å². The van der Waals surface area contributed by atoms with Crippen LogP contribution in [-0.4, -0.2) is 28.8 Å². The second-order valence-electron chi connectivity index (χ2n) is 6.60. The summed E-state index contributed by atoms with van der Waals surface area (Å²) in [6.45, 7) is 1.67. The molecule has 0 saturated heterocycles. The number of amides is 2. The van der Waals surface area contributed by atoms with Gasteiger partial charge in [-0.25, -0.2) is 0 Å². The third-order valence-corrected chi connectivity index (χ3v) is 4.57. The van der Waals surface area contributed by atoms with Gasteiger partial charge in [-0.15, -0.1) is 0 Å². The minimum absolute atomic E-state index is 0.0841. The number of halogens is 1. The molecule has 0 spiro atoms. The van der Waals surface area contributed by atoms with E-state index in [1.165, 1.54) is 18.2 Å². The lowest BCUT2D eigenvalue weighted by atomic mass is 10.1. The van der Waals surface area contributed by atoms with Gasteiger partial charge < -0.3 is 16.0 Å². The lowest BCUT2D eigenvalue weighted by molar-refractivity contribution is -0.384. The van der Waals surface area contributed by atoms with Crippen LogP contribution in [0.1, 0.15) is 30.1 Å². The van der Waals surface area contributed by atoms with E-state index in [1.54, 1.807) is 31.2 Å². The molecule has 2 aromatic rings. The topological polar surface area (TPSA) is 113 Å². The van der Waals surface area contributed by atoms with Crippen LogP contribution < -0.4 is 16.0 Å². The Morgan fingerprint density at radius 1 is 1.18 bits per heavy atom. The average molecular weight is 403 g/mol. The Hall–Kier alpha value is -3.13. The molecule has 1 atom stereocenters. The fourth-order valence-electron chi connectivity index (χ4n) is 2.49. The number of rotatable bonds is 7. The van der Waals surface area contributed by atoms with Crippen LogP contribution in [0.2, 0.25) is 5.02 Å². The van der Waals surface area contributed by atoms with E-state index in [4.69, 9.17) is 11.6 Å². The summed E-state index contributed by atoms with van der Waals surface area (Å²) in [5.41, 5.74) is 1.38. The number of nitrogens with one attached hydrogen (secondary N) is 3. The predicted octanol–water partition coefficient (Wildman–Crippen LogP) is 3.58. The molecule has 3 rings (SSSR count). The molecule has 0 aliphatic heterocycles. The van der Waals surface area contributed by atoms with Gasteiger partial charge in [-0.3, -0.25) is 19.7 Å². The minimum Gasteiger partial charge on any atom is -0.374 e. The van der Waals surface area contributed by atoms with Crippen LogP contribution in [0, 0.1) is 10.1 Å². The molecule has 28 heavy (non-hydrogen) atoms. The van der Waals surface area contributed by atoms with Gasteiger partial charge in [0.1, 0.15) is 6.04 Å². The molecular weight excluding hydrogens is 384 g/mol. The summed E-state index contributed by atoms with van der Waals surface area (Å²) in [5, 5.41) is 19.4. The molecule has 0 radical (unpaired) electrons. The van der Waals surface area contributed by atoms with Gasteiger partial charge in [0.15, 0.2) is 0 Å². The highest BCUT2D eigenvalue weighted by atomic mass is 35.5. The largest absolute Gasteiger partial charge is 0.374 e. The first-order valence-electron chi connectivity index (χ1n) is 8.76. The molecule has 1 fully saturated rings. The Kier molecular flexibility index (Phi) is 5.79. The maximum atomic E-state index is 12.4. The van der Waals surface area contributed by atoms with Crippen LogP contribution >= 0.6 is 11.6 Å². The fraction of sp³-hybridized carbons (Fsp3) is 0.263. The minimum atomic E-state index is -0.600. The zero-order valence-corrected chi connectivity index (χ0v) is 15.8. The van der Waals surface area contributed by atoms with Gasteiger partial charge in [-0.05, 0) is 50.1 Å². The summed E-state index contributed by atoms with van der Waals surface area (Å²) in [5.74, 6) is -0.459. The molecule has 1 aliphatic rings. The summed E-state index contributed by atoms with van der Waals surface area (Å²) in [4.78, 5) is 34.5. The van der Waals surface area contributed by atoms with E-state index in [0.29, 0.717) is 17.3 Å². The van der Waals surface area contributed by atoms with Crippen molar-refractivity contribution in [1.29, 1.82) is 0 Å². The molecular formula is C19H19ClN4O4. The zero-order chi connectivity index (χ0) is 20.3. The Morgan fingerprint density at radius 2 is 1.86 bits per heavy atom. The quantitative estimate of drug-likeness (QED) is 0.484. The summed E-state index contributed by atoms with van der Waals surface area (Å²) in [7, 11) is 0. The van der Waals surface area contributed by atoms with Crippen LogP contribution in [0.25, 0.3) is 0 Å². The third kappa shape index (κ3) is 4.98. The lowest BCUT2D eigenvalue weighted by Crippen LogP contribution is -2.32. The number of benzene rings is 2. The normalized spacial score (nSPS) is 14.1. The first-order valence-corrected chi connectivity index (χ1v) is 9.13. The third-order valence-electron chi connectivity index (χ3n) is 4.26. The van der Waals surface area contributed by atoms with Gasteiger partial charge in [-0.1, -0.05) is 11.6 Å². The molecule has 2 amide bonds. The maximum absolute atomic E-state index is 12.4. The molecule has 146 valence electrons. The van der Waals surface area contributed by atoms with Crippen molar-refractivity contribution in [3.63, 3.8) is 0 Å². The Bertz CT molecular complexity index is 913. The van der Waals surface area contributed by atoms with Gasteiger partial charge in [0.05, 0.1) is 15.6 Å². The number of nitrogens with zero attached hydrogens (tertiary/aromatic N) is 1. The first kappa shape index (κ1) is 19.6. The Balaban J connectivity index is 1.57. The van der Waals surface area contributed by atoms with E-state index in [1.807, 2.05) is 0 Å². The Morgan fingerprint density at radius 3 is 2.43 bits per heavy atom. The van der Waals surface area contributed by atoms with E-state index < -0.39 is 11.0 Å². The van der Waals surface area contributed by atoms with Crippen molar-refractivity contribution < 1.29 is 14.5 Å². The summed E-state index contributed by atoms with van der Waals surface area (Å²) in [6, 6.07) is 10.4. The van der Waals surface area contributed by atoms with Gasteiger partial charge in [0.25, 0.3) is 11.6 Å². The van der Waals surface area contributed by atoms with Crippen molar-refractivity contribution in [2.75, 3.05) is 10.6 Å². The highest BCUT2D eigenvalue weighted by molar-refractivity contribution is 6.34. The number of carbonyl (C=O) groups is 2. The van der Waals surface area contributed by atoms with Crippen LogP contribution in [0.3, 0.4) is 0 Å². The number of nitro benzene ring substituents is 1. The number of anilines is 2. The van der Waals surface area contributed by atoms with Gasteiger partial charge in [0, 0.05) is 29.4 Å². The second kappa shape index (κ2) is 8.26. The average Bonchev–Trinajstić information content (AvgIpc) is 3.47. The molecule has 0 heterocycles. The monoisotopic (exact) mass is 402 g/mol. The first-order chi connectivity index (χ1) is 13.3. The highest BCUT2D eigenvalue weighted by Crippen LogP contribution is 2.27. The number of nitro groups is 1. The number of hydrogen-bond donors (Lipinski definition) is 3. The van der Waals surface area contributed by atoms with Crippen molar-refractivity contribution in [2.24, 2.45) is 0 Å². The maximum Gasteiger partial charge on any atom is 0.271 e. The molecule has 8 nitrogen and oxygen atoms in total. The van der Waals surface area contributed by atoms with Crippen LogP contribution in [0.5, 0.6) is 0 Å². The molecule has 1 saturated carbocycles. The molecule has 0 bridgehead atoms. The second-order valence-corrected chi connectivity index (χ2v) is 7.01. The summed E-state index contributed by atoms with van der Waals surface area (Å²) in [6.07, 6.45) is 2.05. The van der Waals surface area contributed by atoms with E-state index in [-0.39, 0.29) is 28.2 Å². The van der Waals surface area contributed by atoms with Crippen LogP contribution in [0.4, 0.5) is 17.1 Å². The van der Waals surface area contributed by atoms with Gasteiger partial charge in [-0.2, -0.15) is 0 Å². The van der Waals surface area contributed by atoms with Crippen molar-refractivity contribution >= 4 is 40.5 Å².